The number of amides is 3. The Morgan fingerprint density at radius 1 is 1.03 bits per heavy atom. The van der Waals surface area contributed by atoms with Gasteiger partial charge < -0.3 is 14.8 Å². The monoisotopic (exact) mass is 481 g/mol. The summed E-state index contributed by atoms with van der Waals surface area (Å²) < 4.78 is 24.9. The van der Waals surface area contributed by atoms with Crippen LogP contribution in [-0.2, 0) is 26.3 Å². The number of nitrogens with zero attached hydrogens (tertiary/aromatic N) is 1. The zero-order chi connectivity index (χ0) is 25.1. The predicted octanol–water partition coefficient (Wildman–Crippen LogP) is 2.46. The van der Waals surface area contributed by atoms with Crippen LogP contribution < -0.4 is 20.1 Å². The number of nitrogens with one attached hydrogen (secondary N) is 2. The first kappa shape index (κ1) is 23.3. The van der Waals surface area contributed by atoms with Crippen LogP contribution in [0.3, 0.4) is 0 Å². The molecule has 5 rings (SSSR count). The lowest BCUT2D eigenvalue weighted by Gasteiger charge is -2.30. The second-order valence-corrected chi connectivity index (χ2v) is 9.64. The minimum Gasteiger partial charge on any atom is -0.493 e. The molecule has 2 fully saturated rings. The van der Waals surface area contributed by atoms with Crippen molar-refractivity contribution in [2.24, 2.45) is 17.8 Å². The summed E-state index contributed by atoms with van der Waals surface area (Å²) in [6.45, 7) is 4.05. The summed E-state index contributed by atoms with van der Waals surface area (Å²) in [5.74, 6) is -2.20. The molecule has 2 N–H and O–H groups in total. The van der Waals surface area contributed by atoms with Gasteiger partial charge >= 0.3 is 0 Å². The maximum atomic E-state index is 14.3. The molecule has 1 spiro atoms. The highest BCUT2D eigenvalue weighted by Crippen LogP contribution is 2.54. The molecule has 3 aliphatic heterocycles. The molecule has 0 radical (unpaired) electrons. The molecule has 0 bridgehead atoms. The fraction of sp³-hybridized carbons (Fsp3) is 0.423. The number of benzene rings is 2. The van der Waals surface area contributed by atoms with Crippen LogP contribution in [-0.4, -0.2) is 49.4 Å². The van der Waals surface area contributed by atoms with Crippen molar-refractivity contribution in [3.63, 3.8) is 0 Å². The standard InChI is InChI=1S/C26H28FN3O5/c1-13(2)22-20-21(26(29-22)16-12-15(27)6-7-17(16)28-25(26)33)24(32)30(23(20)31)10-9-14-5-8-18(34-3)19(11-14)35-4/h5-8,11-13,20-22,29H,9-10H2,1-4H3,(H,28,33)/t20-,21-,22+,26+/m0/s1. The summed E-state index contributed by atoms with van der Waals surface area (Å²) in [7, 11) is 3.10. The molecule has 0 saturated carbocycles. The Balaban J connectivity index is 1.49. The van der Waals surface area contributed by atoms with E-state index in [2.05, 4.69) is 10.6 Å². The highest BCUT2D eigenvalue weighted by molar-refractivity contribution is 6.15. The van der Waals surface area contributed by atoms with E-state index < -0.39 is 41.0 Å². The number of halogens is 1. The number of hydrogen-bond donors (Lipinski definition) is 2. The molecule has 2 aromatic rings. The minimum atomic E-state index is -1.48. The maximum Gasteiger partial charge on any atom is 0.250 e. The minimum absolute atomic E-state index is 0.0326. The largest absolute Gasteiger partial charge is 0.493 e. The molecule has 35 heavy (non-hydrogen) atoms. The molecule has 8 nitrogen and oxygen atoms in total. The van der Waals surface area contributed by atoms with Gasteiger partial charge in [-0.1, -0.05) is 19.9 Å². The third kappa shape index (κ3) is 3.32. The summed E-state index contributed by atoms with van der Waals surface area (Å²) in [5, 5.41) is 6.09. The molecule has 0 aliphatic carbocycles. The van der Waals surface area contributed by atoms with Crippen molar-refractivity contribution >= 4 is 23.4 Å². The normalized spacial score (nSPS) is 27.0. The lowest BCUT2D eigenvalue weighted by molar-refractivity contribution is -0.142. The van der Waals surface area contributed by atoms with E-state index in [9.17, 15) is 18.8 Å². The Kier molecular flexibility index (Phi) is 5.55. The zero-order valence-electron chi connectivity index (χ0n) is 20.1. The molecule has 9 heteroatoms. The number of methoxy groups -OCH3 is 2. The van der Waals surface area contributed by atoms with Gasteiger partial charge in [0.1, 0.15) is 11.4 Å². The second-order valence-electron chi connectivity index (χ2n) is 9.64. The summed E-state index contributed by atoms with van der Waals surface area (Å²) in [6.07, 6.45) is 0.418. The van der Waals surface area contributed by atoms with Gasteiger partial charge in [-0.15, -0.1) is 0 Å². The van der Waals surface area contributed by atoms with Crippen molar-refractivity contribution in [3.05, 3.63) is 53.3 Å². The van der Waals surface area contributed by atoms with Gasteiger partial charge in [-0.2, -0.15) is 0 Å². The van der Waals surface area contributed by atoms with E-state index in [4.69, 9.17) is 9.47 Å². The first-order valence-corrected chi connectivity index (χ1v) is 11.7. The van der Waals surface area contributed by atoms with E-state index in [1.807, 2.05) is 26.0 Å². The van der Waals surface area contributed by atoms with E-state index in [-0.39, 0.29) is 18.4 Å². The van der Waals surface area contributed by atoms with Crippen molar-refractivity contribution in [2.75, 3.05) is 26.1 Å². The van der Waals surface area contributed by atoms with E-state index in [0.717, 1.165) is 5.56 Å². The van der Waals surface area contributed by atoms with E-state index in [1.54, 1.807) is 20.3 Å². The number of carbonyl (C=O) groups is 3. The summed E-state index contributed by atoms with van der Waals surface area (Å²) in [6, 6.07) is 9.07. The lowest BCUT2D eigenvalue weighted by atomic mass is 9.76. The number of rotatable bonds is 6. The lowest BCUT2D eigenvalue weighted by Crippen LogP contribution is -2.54. The third-order valence-corrected chi connectivity index (χ3v) is 7.49. The van der Waals surface area contributed by atoms with Crippen LogP contribution in [0, 0.1) is 23.6 Å². The number of fused-ring (bicyclic) bond motifs is 4. The Morgan fingerprint density at radius 2 is 1.77 bits per heavy atom. The number of likely N-dealkylation sites (tertiary alicyclic amines) is 1. The highest BCUT2D eigenvalue weighted by Gasteiger charge is 2.70. The summed E-state index contributed by atoms with van der Waals surface area (Å²) in [5.41, 5.74) is 0.223. The Bertz CT molecular complexity index is 1230. The van der Waals surface area contributed by atoms with E-state index >= 15 is 0 Å². The van der Waals surface area contributed by atoms with Crippen LogP contribution in [0.5, 0.6) is 11.5 Å². The fourth-order valence-corrected chi connectivity index (χ4v) is 5.84. The topological polar surface area (TPSA) is 97.0 Å². The van der Waals surface area contributed by atoms with Crippen LogP contribution in [0.15, 0.2) is 36.4 Å². The molecule has 3 heterocycles. The maximum absolute atomic E-state index is 14.3. The average Bonchev–Trinajstić information content (AvgIpc) is 3.43. The van der Waals surface area contributed by atoms with Crippen LogP contribution >= 0.6 is 0 Å². The number of ether oxygens (including phenoxy) is 2. The van der Waals surface area contributed by atoms with Crippen LogP contribution in [0.2, 0.25) is 0 Å². The Hall–Kier alpha value is -3.46. The SMILES string of the molecule is COc1ccc(CCN2C(=O)[C@@H]3[C@@H](C(C)C)N[C@@]4(C(=O)Nc5ccc(F)cc54)[C@@H]3C2=O)cc1OC. The molecule has 184 valence electrons. The van der Waals surface area contributed by atoms with Gasteiger partial charge in [0.05, 0.1) is 26.1 Å². The number of hydrogen-bond acceptors (Lipinski definition) is 6. The quantitative estimate of drug-likeness (QED) is 0.616. The summed E-state index contributed by atoms with van der Waals surface area (Å²) in [4.78, 5) is 42.0. The van der Waals surface area contributed by atoms with Gasteiger partial charge in [0, 0.05) is 23.8 Å². The fourth-order valence-electron chi connectivity index (χ4n) is 5.84. The first-order valence-electron chi connectivity index (χ1n) is 11.7. The Labute approximate surface area is 202 Å². The molecule has 2 saturated heterocycles. The van der Waals surface area contributed by atoms with E-state index in [0.29, 0.717) is 29.2 Å². The number of carbonyl (C=O) groups excluding carboxylic acids is 3. The first-order chi connectivity index (χ1) is 16.7. The number of imide groups is 1. The zero-order valence-corrected chi connectivity index (χ0v) is 20.1. The van der Waals surface area contributed by atoms with Gasteiger partial charge in [0.25, 0.3) is 0 Å². The molecule has 3 amide bonds. The van der Waals surface area contributed by atoms with Crippen molar-refractivity contribution in [1.82, 2.24) is 10.2 Å². The molecule has 4 atom stereocenters. The molecule has 0 aromatic heterocycles. The van der Waals surface area contributed by atoms with Crippen molar-refractivity contribution < 1.29 is 28.2 Å². The highest BCUT2D eigenvalue weighted by atomic mass is 19.1. The predicted molar refractivity (Wildman–Crippen MR) is 125 cm³/mol. The molecular formula is C26H28FN3O5. The molecular weight excluding hydrogens is 453 g/mol. The third-order valence-electron chi connectivity index (χ3n) is 7.49. The smallest absolute Gasteiger partial charge is 0.250 e. The van der Waals surface area contributed by atoms with Gasteiger partial charge in [-0.25, -0.2) is 4.39 Å². The molecule has 3 aliphatic rings. The number of anilines is 1. The van der Waals surface area contributed by atoms with Crippen LogP contribution in [0.1, 0.15) is 25.0 Å². The molecule has 0 unspecified atom stereocenters. The van der Waals surface area contributed by atoms with Gasteiger partial charge in [0.15, 0.2) is 11.5 Å². The van der Waals surface area contributed by atoms with Crippen molar-refractivity contribution in [1.29, 1.82) is 0 Å². The van der Waals surface area contributed by atoms with Crippen molar-refractivity contribution in [2.45, 2.75) is 31.8 Å². The van der Waals surface area contributed by atoms with Crippen molar-refractivity contribution in [3.8, 4) is 11.5 Å². The van der Waals surface area contributed by atoms with Gasteiger partial charge in [-0.3, -0.25) is 24.6 Å². The van der Waals surface area contributed by atoms with Crippen LogP contribution in [0.25, 0.3) is 0 Å². The van der Waals surface area contributed by atoms with E-state index in [1.165, 1.54) is 23.1 Å². The average molecular weight is 482 g/mol. The summed E-state index contributed by atoms with van der Waals surface area (Å²) >= 11 is 0. The van der Waals surface area contributed by atoms with Gasteiger partial charge in [0.2, 0.25) is 17.7 Å². The Morgan fingerprint density at radius 3 is 2.46 bits per heavy atom. The second kappa shape index (κ2) is 8.34. The molecule has 2 aromatic carbocycles. The van der Waals surface area contributed by atoms with Crippen LogP contribution in [0.4, 0.5) is 10.1 Å². The van der Waals surface area contributed by atoms with Gasteiger partial charge in [-0.05, 0) is 48.2 Å².